The third kappa shape index (κ3) is 6.25. The molecule has 6 heteroatoms. The Bertz CT molecular complexity index is 809. The molecule has 0 aliphatic rings. The van der Waals surface area contributed by atoms with E-state index >= 15 is 0 Å². The van der Waals surface area contributed by atoms with E-state index in [2.05, 4.69) is 5.32 Å². The van der Waals surface area contributed by atoms with Crippen molar-refractivity contribution in [1.29, 1.82) is 0 Å². The maximum Gasteiger partial charge on any atom is 0.243 e. The lowest BCUT2D eigenvalue weighted by atomic mass is 10.1. The molecule has 2 amide bonds. The molecule has 150 valence electrons. The smallest absolute Gasteiger partial charge is 0.243 e. The summed E-state index contributed by atoms with van der Waals surface area (Å²) in [5.41, 5.74) is 1.65. The summed E-state index contributed by atoms with van der Waals surface area (Å²) in [4.78, 5) is 27.6. The number of halogens is 2. The van der Waals surface area contributed by atoms with E-state index in [4.69, 9.17) is 23.2 Å². The third-order valence-electron chi connectivity index (χ3n) is 4.37. The van der Waals surface area contributed by atoms with Crippen molar-refractivity contribution in [1.82, 2.24) is 10.2 Å². The Morgan fingerprint density at radius 1 is 1.07 bits per heavy atom. The Kier molecular flexibility index (Phi) is 8.34. The van der Waals surface area contributed by atoms with Gasteiger partial charge in [0.1, 0.15) is 6.04 Å². The molecule has 0 fully saturated rings. The van der Waals surface area contributed by atoms with E-state index in [-0.39, 0.29) is 24.3 Å². The Hall–Kier alpha value is -2.04. The van der Waals surface area contributed by atoms with Crippen LogP contribution in [-0.4, -0.2) is 28.8 Å². The van der Waals surface area contributed by atoms with E-state index in [9.17, 15) is 9.59 Å². The number of nitrogens with one attached hydrogen (secondary N) is 1. The third-order valence-corrected chi connectivity index (χ3v) is 4.96. The average Bonchev–Trinajstić information content (AvgIpc) is 2.64. The minimum Gasteiger partial charge on any atom is -0.352 e. The second-order valence-corrected chi connectivity index (χ2v) is 7.85. The fraction of sp³-hybridized carbons (Fsp3) is 0.364. The summed E-state index contributed by atoms with van der Waals surface area (Å²) >= 11 is 12.2. The number of hydrogen-bond donors (Lipinski definition) is 1. The van der Waals surface area contributed by atoms with Crippen molar-refractivity contribution in [2.24, 2.45) is 0 Å². The summed E-state index contributed by atoms with van der Waals surface area (Å²) in [6.45, 7) is 6.07. The molecule has 0 radical (unpaired) electrons. The van der Waals surface area contributed by atoms with Crippen molar-refractivity contribution < 1.29 is 9.59 Å². The van der Waals surface area contributed by atoms with Crippen LogP contribution in [0.4, 0.5) is 0 Å². The molecule has 4 nitrogen and oxygen atoms in total. The van der Waals surface area contributed by atoms with Gasteiger partial charge < -0.3 is 10.2 Å². The van der Waals surface area contributed by atoms with E-state index in [0.29, 0.717) is 28.6 Å². The van der Waals surface area contributed by atoms with Crippen LogP contribution in [0.3, 0.4) is 0 Å². The first-order valence-electron chi connectivity index (χ1n) is 9.39. The SMILES string of the molecule is CC[C@H](C(=O)NC(C)C)N(Cc1ccccc1)C(=O)Cc1ccc(Cl)cc1Cl. The van der Waals surface area contributed by atoms with Crippen LogP contribution >= 0.6 is 23.2 Å². The van der Waals surface area contributed by atoms with Crippen LogP contribution in [0.5, 0.6) is 0 Å². The molecule has 2 rings (SSSR count). The standard InChI is InChI=1S/C22H26Cl2N2O2/c1-4-20(22(28)25-15(2)3)26(14-16-8-6-5-7-9-16)21(27)12-17-10-11-18(23)13-19(17)24/h5-11,13,15,20H,4,12,14H2,1-3H3,(H,25,28)/t20-/m1/s1. The summed E-state index contributed by atoms with van der Waals surface area (Å²) in [7, 11) is 0. The quantitative estimate of drug-likeness (QED) is 0.661. The minimum absolute atomic E-state index is 0.000868. The Balaban J connectivity index is 2.30. The number of carbonyl (C=O) groups is 2. The first-order valence-corrected chi connectivity index (χ1v) is 10.1. The molecule has 2 aromatic rings. The van der Waals surface area contributed by atoms with E-state index < -0.39 is 6.04 Å². The summed E-state index contributed by atoms with van der Waals surface area (Å²) in [5.74, 6) is -0.303. The summed E-state index contributed by atoms with van der Waals surface area (Å²) in [5, 5.41) is 3.88. The molecule has 0 aromatic heterocycles. The lowest BCUT2D eigenvalue weighted by Gasteiger charge is -2.31. The highest BCUT2D eigenvalue weighted by Crippen LogP contribution is 2.23. The van der Waals surface area contributed by atoms with Crippen LogP contribution in [0, 0.1) is 0 Å². The second-order valence-electron chi connectivity index (χ2n) is 7.01. The number of nitrogens with zero attached hydrogens (tertiary/aromatic N) is 1. The summed E-state index contributed by atoms with van der Waals surface area (Å²) < 4.78 is 0. The normalized spacial score (nSPS) is 11.9. The number of amides is 2. The zero-order valence-corrected chi connectivity index (χ0v) is 17.9. The maximum absolute atomic E-state index is 13.2. The second kappa shape index (κ2) is 10.5. The van der Waals surface area contributed by atoms with Gasteiger partial charge in [0.05, 0.1) is 6.42 Å². The van der Waals surface area contributed by atoms with Gasteiger partial charge in [-0.3, -0.25) is 9.59 Å². The van der Waals surface area contributed by atoms with E-state index in [1.54, 1.807) is 23.1 Å². The molecule has 28 heavy (non-hydrogen) atoms. The van der Waals surface area contributed by atoms with Gasteiger partial charge in [0.25, 0.3) is 0 Å². The topological polar surface area (TPSA) is 49.4 Å². The molecule has 0 unspecified atom stereocenters. The molecular formula is C22H26Cl2N2O2. The minimum atomic E-state index is -0.554. The van der Waals surface area contributed by atoms with Gasteiger partial charge in [-0.15, -0.1) is 0 Å². The van der Waals surface area contributed by atoms with E-state index in [0.717, 1.165) is 5.56 Å². The largest absolute Gasteiger partial charge is 0.352 e. The number of carbonyl (C=O) groups excluding carboxylic acids is 2. The van der Waals surface area contributed by atoms with Gasteiger partial charge in [0.2, 0.25) is 11.8 Å². The van der Waals surface area contributed by atoms with E-state index in [1.165, 1.54) is 0 Å². The predicted octanol–water partition coefficient (Wildman–Crippen LogP) is 4.87. The molecule has 0 spiro atoms. The van der Waals surface area contributed by atoms with Crippen LogP contribution in [0.2, 0.25) is 10.0 Å². The maximum atomic E-state index is 13.2. The molecule has 0 heterocycles. The Morgan fingerprint density at radius 2 is 1.75 bits per heavy atom. The number of hydrogen-bond acceptors (Lipinski definition) is 2. The fourth-order valence-electron chi connectivity index (χ4n) is 3.01. The first kappa shape index (κ1) is 22.3. The van der Waals surface area contributed by atoms with Gasteiger partial charge in [0.15, 0.2) is 0 Å². The highest BCUT2D eigenvalue weighted by molar-refractivity contribution is 6.35. The first-order chi connectivity index (χ1) is 13.3. The molecule has 1 N–H and O–H groups in total. The van der Waals surface area contributed by atoms with Crippen LogP contribution in [-0.2, 0) is 22.6 Å². The fourth-order valence-corrected chi connectivity index (χ4v) is 3.49. The number of benzene rings is 2. The van der Waals surface area contributed by atoms with Crippen LogP contribution in [0.15, 0.2) is 48.5 Å². The highest BCUT2D eigenvalue weighted by Gasteiger charge is 2.29. The van der Waals surface area contributed by atoms with Crippen molar-refractivity contribution in [3.05, 3.63) is 69.7 Å². The van der Waals surface area contributed by atoms with Crippen molar-refractivity contribution >= 4 is 35.0 Å². The predicted molar refractivity (Wildman–Crippen MR) is 115 cm³/mol. The molecule has 0 saturated heterocycles. The molecule has 0 saturated carbocycles. The van der Waals surface area contributed by atoms with Gasteiger partial charge in [-0.1, -0.05) is 66.5 Å². The van der Waals surface area contributed by atoms with Gasteiger partial charge in [-0.2, -0.15) is 0 Å². The summed E-state index contributed by atoms with van der Waals surface area (Å²) in [6.07, 6.45) is 0.625. The van der Waals surface area contributed by atoms with Crippen LogP contribution < -0.4 is 5.32 Å². The van der Waals surface area contributed by atoms with Crippen LogP contribution in [0.25, 0.3) is 0 Å². The van der Waals surface area contributed by atoms with Crippen molar-refractivity contribution in [2.75, 3.05) is 0 Å². The van der Waals surface area contributed by atoms with Crippen molar-refractivity contribution in [3.8, 4) is 0 Å². The lowest BCUT2D eigenvalue weighted by Crippen LogP contribution is -2.50. The lowest BCUT2D eigenvalue weighted by molar-refractivity contribution is -0.141. The Morgan fingerprint density at radius 3 is 2.32 bits per heavy atom. The zero-order chi connectivity index (χ0) is 20.7. The van der Waals surface area contributed by atoms with Crippen molar-refractivity contribution in [2.45, 2.75) is 52.2 Å². The molecule has 0 aliphatic heterocycles. The van der Waals surface area contributed by atoms with E-state index in [1.807, 2.05) is 51.1 Å². The molecule has 0 bridgehead atoms. The highest BCUT2D eigenvalue weighted by atomic mass is 35.5. The molecule has 0 aliphatic carbocycles. The molecule has 1 atom stereocenters. The van der Waals surface area contributed by atoms with Gasteiger partial charge >= 0.3 is 0 Å². The molecular weight excluding hydrogens is 395 g/mol. The van der Waals surface area contributed by atoms with Crippen LogP contribution in [0.1, 0.15) is 38.3 Å². The van der Waals surface area contributed by atoms with Gasteiger partial charge in [-0.05, 0) is 43.5 Å². The average molecular weight is 421 g/mol. The van der Waals surface area contributed by atoms with Gasteiger partial charge in [0, 0.05) is 22.6 Å². The van der Waals surface area contributed by atoms with Crippen molar-refractivity contribution in [3.63, 3.8) is 0 Å². The summed E-state index contributed by atoms with van der Waals surface area (Å²) in [6, 6.07) is 14.2. The Labute approximate surface area is 176 Å². The van der Waals surface area contributed by atoms with Gasteiger partial charge in [-0.25, -0.2) is 0 Å². The molecule has 2 aromatic carbocycles. The monoisotopic (exact) mass is 420 g/mol. The zero-order valence-electron chi connectivity index (χ0n) is 16.4. The number of rotatable bonds is 8.